The third-order valence-electron chi connectivity index (χ3n) is 4.69. The zero-order chi connectivity index (χ0) is 22.4. The maximum atomic E-state index is 14.3. The molecule has 0 atom stereocenters. The van der Waals surface area contributed by atoms with Gasteiger partial charge in [0.25, 0.3) is 0 Å². The van der Waals surface area contributed by atoms with Gasteiger partial charge in [-0.2, -0.15) is 23.7 Å². The average Bonchev–Trinajstić information content (AvgIpc) is 3.49. The lowest BCUT2D eigenvalue weighted by atomic mass is 10.3. The van der Waals surface area contributed by atoms with Gasteiger partial charge in [-0.3, -0.25) is 4.57 Å². The van der Waals surface area contributed by atoms with Crippen LogP contribution in [0.2, 0.25) is 0 Å². The molecule has 0 unspecified atom stereocenters. The molecule has 9 nitrogen and oxygen atoms in total. The van der Waals surface area contributed by atoms with Gasteiger partial charge in [-0.1, -0.05) is 0 Å². The molecule has 13 heteroatoms. The molecular weight excluding hydrogens is 432 g/mol. The third kappa shape index (κ3) is 3.84. The van der Waals surface area contributed by atoms with Crippen molar-refractivity contribution in [3.63, 3.8) is 0 Å². The number of nitrogens with zero attached hydrogens (tertiary/aromatic N) is 6. The molecule has 1 saturated carbocycles. The van der Waals surface area contributed by atoms with Crippen LogP contribution in [0.4, 0.5) is 35.1 Å². The highest BCUT2D eigenvalue weighted by Gasteiger charge is 2.32. The summed E-state index contributed by atoms with van der Waals surface area (Å²) >= 11 is 0. The highest BCUT2D eigenvalue weighted by atomic mass is 19.3. The highest BCUT2D eigenvalue weighted by Crippen LogP contribution is 2.42. The minimum atomic E-state index is -2.99. The Labute approximate surface area is 177 Å². The first-order valence-electron chi connectivity index (χ1n) is 9.44. The van der Waals surface area contributed by atoms with Crippen molar-refractivity contribution in [2.75, 3.05) is 11.1 Å². The summed E-state index contributed by atoms with van der Waals surface area (Å²) in [6.45, 7) is -2.99. The maximum Gasteiger partial charge on any atom is 0.388 e. The van der Waals surface area contributed by atoms with Crippen LogP contribution in [0.1, 0.15) is 24.6 Å². The van der Waals surface area contributed by atoms with E-state index in [2.05, 4.69) is 35.0 Å². The van der Waals surface area contributed by atoms with Crippen LogP contribution in [0.5, 0.6) is 5.88 Å². The minimum Gasteiger partial charge on any atom is -0.417 e. The number of benzene rings is 1. The van der Waals surface area contributed by atoms with Crippen LogP contribution in [0.3, 0.4) is 0 Å². The van der Waals surface area contributed by atoms with E-state index in [0.717, 1.165) is 25.0 Å². The molecule has 1 fully saturated rings. The fraction of sp³-hybridized carbons (Fsp3) is 0.211. The molecule has 3 aromatic heterocycles. The number of rotatable bonds is 6. The summed E-state index contributed by atoms with van der Waals surface area (Å²) in [5.74, 6) is -1.37. The molecule has 0 spiro atoms. The molecule has 0 aliphatic heterocycles. The molecule has 0 saturated heterocycles. The Morgan fingerprint density at radius 2 is 1.91 bits per heavy atom. The van der Waals surface area contributed by atoms with Crippen molar-refractivity contribution in [1.29, 1.82) is 0 Å². The zero-order valence-electron chi connectivity index (χ0n) is 16.1. The van der Waals surface area contributed by atoms with Gasteiger partial charge < -0.3 is 15.8 Å². The molecule has 32 heavy (non-hydrogen) atoms. The van der Waals surface area contributed by atoms with Gasteiger partial charge in [-0.25, -0.2) is 18.7 Å². The molecule has 3 heterocycles. The third-order valence-corrected chi connectivity index (χ3v) is 4.69. The van der Waals surface area contributed by atoms with E-state index in [1.54, 1.807) is 0 Å². The van der Waals surface area contributed by atoms with E-state index in [-0.39, 0.29) is 40.7 Å². The van der Waals surface area contributed by atoms with E-state index >= 15 is 0 Å². The molecule has 164 valence electrons. The Balaban J connectivity index is 1.55. The maximum absolute atomic E-state index is 14.3. The lowest BCUT2D eigenvalue weighted by molar-refractivity contribution is -0.0528. The average molecular weight is 446 g/mol. The Hall–Kier alpha value is -4.03. The molecule has 0 radical (unpaired) electrons. The quantitative estimate of drug-likeness (QED) is 0.431. The Morgan fingerprint density at radius 1 is 1.09 bits per heavy atom. The normalized spacial score (nSPS) is 13.7. The summed E-state index contributed by atoms with van der Waals surface area (Å²) < 4.78 is 58.5. The first kappa shape index (κ1) is 19.9. The van der Waals surface area contributed by atoms with E-state index in [1.165, 1.54) is 22.9 Å². The fourth-order valence-electron chi connectivity index (χ4n) is 3.23. The van der Waals surface area contributed by atoms with Crippen LogP contribution < -0.4 is 15.8 Å². The van der Waals surface area contributed by atoms with Gasteiger partial charge in [0, 0.05) is 24.1 Å². The summed E-state index contributed by atoms with van der Waals surface area (Å²) in [4.78, 5) is 20.5. The highest BCUT2D eigenvalue weighted by molar-refractivity contribution is 5.79. The number of nitrogen functional groups attached to an aromatic ring is 1. The van der Waals surface area contributed by atoms with Gasteiger partial charge in [0.15, 0.2) is 5.82 Å². The number of alkyl halides is 2. The predicted molar refractivity (Wildman–Crippen MR) is 105 cm³/mol. The number of hydrogen-bond acceptors (Lipinski definition) is 8. The fourth-order valence-corrected chi connectivity index (χ4v) is 3.23. The van der Waals surface area contributed by atoms with Gasteiger partial charge in [0.05, 0.1) is 17.4 Å². The summed E-state index contributed by atoms with van der Waals surface area (Å²) in [7, 11) is 0. The van der Waals surface area contributed by atoms with Crippen molar-refractivity contribution in [2.24, 2.45) is 0 Å². The van der Waals surface area contributed by atoms with E-state index in [1.807, 2.05) is 0 Å². The number of fused-ring (bicyclic) bond motifs is 1. The van der Waals surface area contributed by atoms with Crippen LogP contribution in [0.15, 0.2) is 30.5 Å². The topological polar surface area (TPSA) is 117 Å². The second-order valence-corrected chi connectivity index (χ2v) is 7.04. The molecule has 1 aliphatic carbocycles. The molecule has 5 rings (SSSR count). The smallest absolute Gasteiger partial charge is 0.388 e. The van der Waals surface area contributed by atoms with Crippen molar-refractivity contribution < 1.29 is 22.3 Å². The largest absolute Gasteiger partial charge is 0.417 e. The summed E-state index contributed by atoms with van der Waals surface area (Å²) in [5, 5.41) is 2.83. The van der Waals surface area contributed by atoms with Crippen molar-refractivity contribution in [2.45, 2.75) is 25.4 Å². The van der Waals surface area contributed by atoms with Crippen LogP contribution in [-0.4, -0.2) is 36.1 Å². The number of imidazole rings is 1. The van der Waals surface area contributed by atoms with E-state index in [9.17, 15) is 17.6 Å². The summed E-state index contributed by atoms with van der Waals surface area (Å²) in [5.41, 5.74) is 6.36. The van der Waals surface area contributed by atoms with Crippen molar-refractivity contribution in [3.8, 4) is 11.8 Å². The number of nitrogens with one attached hydrogen (secondary N) is 1. The monoisotopic (exact) mass is 446 g/mol. The number of ether oxygens (including phenoxy) is 1. The second kappa shape index (κ2) is 7.59. The number of anilines is 3. The first-order chi connectivity index (χ1) is 15.4. The van der Waals surface area contributed by atoms with Crippen LogP contribution in [0.25, 0.3) is 17.0 Å². The molecule has 1 aliphatic rings. The van der Waals surface area contributed by atoms with Gasteiger partial charge in [0.1, 0.15) is 17.2 Å². The van der Waals surface area contributed by atoms with E-state index in [0.29, 0.717) is 11.5 Å². The molecule has 3 N–H and O–H groups in total. The van der Waals surface area contributed by atoms with Crippen LogP contribution in [-0.2, 0) is 0 Å². The summed E-state index contributed by atoms with van der Waals surface area (Å²) in [6.07, 6.45) is 2.93. The number of pyridine rings is 1. The second-order valence-electron chi connectivity index (χ2n) is 7.04. The number of nitrogens with two attached hydrogens (primary N) is 1. The van der Waals surface area contributed by atoms with Gasteiger partial charge >= 0.3 is 6.61 Å². The van der Waals surface area contributed by atoms with Crippen molar-refractivity contribution >= 4 is 28.6 Å². The zero-order valence-corrected chi connectivity index (χ0v) is 16.1. The Morgan fingerprint density at radius 3 is 2.59 bits per heavy atom. The first-order valence-corrected chi connectivity index (χ1v) is 9.44. The van der Waals surface area contributed by atoms with E-state index in [4.69, 9.17) is 5.73 Å². The predicted octanol–water partition coefficient (Wildman–Crippen LogP) is 3.69. The van der Waals surface area contributed by atoms with Gasteiger partial charge in [-0.15, -0.1) is 0 Å². The number of hydrogen-bond donors (Lipinski definition) is 2. The minimum absolute atomic E-state index is 0.000566. The van der Waals surface area contributed by atoms with Crippen LogP contribution in [0, 0.1) is 11.6 Å². The van der Waals surface area contributed by atoms with Crippen molar-refractivity contribution in [3.05, 3.63) is 47.9 Å². The molecule has 0 amide bonds. The molecule has 4 aromatic rings. The Bertz CT molecular complexity index is 1310. The van der Waals surface area contributed by atoms with Crippen molar-refractivity contribution in [1.82, 2.24) is 29.5 Å². The Kier molecular flexibility index (Phi) is 4.72. The molecule has 0 bridgehead atoms. The molecule has 1 aromatic carbocycles. The van der Waals surface area contributed by atoms with Gasteiger partial charge in [-0.05, 0) is 18.9 Å². The van der Waals surface area contributed by atoms with Gasteiger partial charge in [0.2, 0.25) is 23.7 Å². The number of halogens is 4. The lowest BCUT2D eigenvalue weighted by Gasteiger charge is -2.10. The van der Waals surface area contributed by atoms with E-state index < -0.39 is 18.2 Å². The lowest BCUT2D eigenvalue weighted by Crippen LogP contribution is -2.11. The standard InChI is InChI=1S/C19H14F4N8O/c20-9-5-11(21)14-12(6-9)31(15(27-14)8-1-2-8)19-29-17(24)28-18(30-19)26-10-3-4-13(25-7-10)32-16(22)23/h3-8,16H,1-2H2,(H3,24,26,28,29,30). The number of aromatic nitrogens is 6. The van der Waals surface area contributed by atoms with Crippen LogP contribution >= 0.6 is 0 Å². The SMILES string of the molecule is Nc1nc(Nc2ccc(OC(F)F)nc2)nc(-n2c(C3CC3)nc3c(F)cc(F)cc32)n1. The molecular formula is C19H14F4N8O. The summed E-state index contributed by atoms with van der Waals surface area (Å²) in [6, 6.07) is 4.58.